The number of rotatable bonds is 9. The van der Waals surface area contributed by atoms with E-state index in [0.717, 1.165) is 68.3 Å². The van der Waals surface area contributed by atoms with Crippen molar-refractivity contribution in [3.05, 3.63) is 75.0 Å². The molecule has 2 heterocycles. The number of aromatic nitrogens is 2. The van der Waals surface area contributed by atoms with Crippen molar-refractivity contribution in [2.24, 2.45) is 5.41 Å². The number of halogens is 3. The monoisotopic (exact) mass is 570 g/mol. The molecule has 4 fully saturated rings. The number of aliphatic carboxylic acids is 1. The summed E-state index contributed by atoms with van der Waals surface area (Å²) in [4.78, 5) is 15.0. The molecule has 2 bridgehead atoms. The molecule has 0 amide bonds. The highest BCUT2D eigenvalue weighted by atomic mass is 35.5. The van der Waals surface area contributed by atoms with Crippen LogP contribution in [0.4, 0.5) is 4.39 Å². The summed E-state index contributed by atoms with van der Waals surface area (Å²) in [6.07, 6.45) is 15.0. The maximum absolute atomic E-state index is 14.3. The van der Waals surface area contributed by atoms with E-state index in [9.17, 15) is 9.18 Å². The van der Waals surface area contributed by atoms with Gasteiger partial charge in [0, 0.05) is 29.4 Å². The first-order chi connectivity index (χ1) is 18.8. The number of nitrogens with zero attached hydrogens (tertiary/aromatic N) is 2. The van der Waals surface area contributed by atoms with Gasteiger partial charge in [-0.05, 0) is 74.0 Å². The van der Waals surface area contributed by atoms with E-state index < -0.39 is 11.8 Å². The van der Waals surface area contributed by atoms with Crippen LogP contribution in [0.2, 0.25) is 10.0 Å². The highest BCUT2D eigenvalue weighted by Crippen LogP contribution is 2.55. The first kappa shape index (κ1) is 26.5. The molecule has 3 aromatic rings. The molecule has 4 aliphatic rings. The molecule has 0 radical (unpaired) electrons. The minimum absolute atomic E-state index is 0.0704. The zero-order valence-electron chi connectivity index (χ0n) is 21.4. The number of carboxylic acids is 1. The molecule has 7 rings (SSSR count). The number of benzene rings is 1. The molecule has 204 valence electrons. The van der Waals surface area contributed by atoms with Gasteiger partial charge >= 0.3 is 5.97 Å². The predicted molar refractivity (Wildman–Crippen MR) is 146 cm³/mol. The van der Waals surface area contributed by atoms with Gasteiger partial charge in [0.2, 0.25) is 0 Å². The molecular weight excluding hydrogens is 542 g/mol. The third kappa shape index (κ3) is 5.37. The summed E-state index contributed by atoms with van der Waals surface area (Å²) in [5, 5.41) is 14.2. The Hall–Kier alpha value is -2.74. The van der Waals surface area contributed by atoms with Crippen molar-refractivity contribution in [2.75, 3.05) is 0 Å². The lowest BCUT2D eigenvalue weighted by atomic mass is 9.58. The van der Waals surface area contributed by atoms with Gasteiger partial charge in [0.1, 0.15) is 17.3 Å². The Morgan fingerprint density at radius 1 is 1.13 bits per heavy atom. The average Bonchev–Trinajstić information content (AvgIpc) is 3.69. The van der Waals surface area contributed by atoms with Crippen LogP contribution in [0.25, 0.3) is 17.3 Å². The second kappa shape index (κ2) is 10.3. The quantitative estimate of drug-likeness (QED) is 0.280. The molecule has 4 aliphatic carbocycles. The van der Waals surface area contributed by atoms with Crippen LogP contribution in [-0.4, -0.2) is 26.8 Å². The molecule has 0 saturated heterocycles. The first-order valence-electron chi connectivity index (χ1n) is 13.4. The van der Waals surface area contributed by atoms with Crippen LogP contribution in [0.15, 0.2) is 41.2 Å². The number of hydrogen-bond acceptors (Lipinski definition) is 5. The van der Waals surface area contributed by atoms with E-state index >= 15 is 0 Å². The molecule has 4 saturated carbocycles. The second-order valence-electron chi connectivity index (χ2n) is 11.2. The van der Waals surface area contributed by atoms with E-state index in [-0.39, 0.29) is 23.0 Å². The lowest BCUT2D eigenvalue weighted by Crippen LogP contribution is -2.46. The molecule has 6 nitrogen and oxygen atoms in total. The van der Waals surface area contributed by atoms with Crippen molar-refractivity contribution < 1.29 is 23.6 Å². The van der Waals surface area contributed by atoms with E-state index in [2.05, 4.69) is 16.2 Å². The van der Waals surface area contributed by atoms with E-state index in [0.29, 0.717) is 33.8 Å². The number of allylic oxidation sites excluding steroid dienone is 1. The van der Waals surface area contributed by atoms with E-state index in [4.69, 9.17) is 37.6 Å². The van der Waals surface area contributed by atoms with Crippen LogP contribution in [0.1, 0.15) is 79.7 Å². The highest BCUT2D eigenvalue weighted by Gasteiger charge is 2.48. The maximum Gasteiger partial charge on any atom is 0.307 e. The van der Waals surface area contributed by atoms with Crippen LogP contribution in [0, 0.1) is 11.2 Å². The molecule has 39 heavy (non-hydrogen) atoms. The molecule has 1 N–H and O–H groups in total. The standard InChI is InChI=1S/C30H29Cl2FN2O4/c31-22-15-34-16-23(32)26(22)27-21(28(39-35-27)19-3-4-19)17-38-30-10-7-29(8-11-30,9-12-30)6-5-18-1-2-20(14-25(36)37)24(33)13-18/h1-2,5-6,13,15-16,19H,3-4,7-12,14,17H2,(H,36,37). The second-order valence-corrected chi connectivity index (χ2v) is 12.0. The van der Waals surface area contributed by atoms with Gasteiger partial charge in [0.15, 0.2) is 0 Å². The first-order valence-corrected chi connectivity index (χ1v) is 14.1. The van der Waals surface area contributed by atoms with Crippen molar-refractivity contribution in [2.45, 2.75) is 75.9 Å². The summed E-state index contributed by atoms with van der Waals surface area (Å²) in [6, 6.07) is 4.76. The van der Waals surface area contributed by atoms with E-state index in [1.807, 2.05) is 6.08 Å². The molecule has 1 aromatic carbocycles. The van der Waals surface area contributed by atoms with Gasteiger partial charge in [-0.15, -0.1) is 0 Å². The maximum atomic E-state index is 14.3. The van der Waals surface area contributed by atoms with Crippen LogP contribution >= 0.6 is 23.2 Å². The normalized spacial score (nSPS) is 24.5. The Bertz CT molecular complexity index is 1400. The number of fused-ring (bicyclic) bond motifs is 3. The predicted octanol–water partition coefficient (Wildman–Crippen LogP) is 8.01. The Balaban J connectivity index is 1.15. The summed E-state index contributed by atoms with van der Waals surface area (Å²) in [5.74, 6) is -0.291. The van der Waals surface area contributed by atoms with Crippen LogP contribution in [0.5, 0.6) is 0 Å². The van der Waals surface area contributed by atoms with Gasteiger partial charge in [0.05, 0.1) is 28.7 Å². The van der Waals surface area contributed by atoms with Crippen molar-refractivity contribution in [3.63, 3.8) is 0 Å². The zero-order chi connectivity index (χ0) is 27.2. The molecule has 9 heteroatoms. The zero-order valence-corrected chi connectivity index (χ0v) is 22.9. The Kier molecular flexibility index (Phi) is 7.02. The smallest absolute Gasteiger partial charge is 0.307 e. The third-order valence-corrected chi connectivity index (χ3v) is 9.24. The minimum atomic E-state index is -1.04. The number of carboxylic acid groups (broad SMARTS) is 1. The van der Waals surface area contributed by atoms with Crippen molar-refractivity contribution in [1.82, 2.24) is 10.1 Å². The molecule has 0 aliphatic heterocycles. The van der Waals surface area contributed by atoms with Gasteiger partial charge in [0.25, 0.3) is 0 Å². The summed E-state index contributed by atoms with van der Waals surface area (Å²) in [7, 11) is 0. The average molecular weight is 571 g/mol. The van der Waals surface area contributed by atoms with E-state index in [1.54, 1.807) is 24.5 Å². The van der Waals surface area contributed by atoms with Gasteiger partial charge in [-0.2, -0.15) is 0 Å². The molecule has 0 atom stereocenters. The Morgan fingerprint density at radius 2 is 1.82 bits per heavy atom. The summed E-state index contributed by atoms with van der Waals surface area (Å²) >= 11 is 12.9. The highest BCUT2D eigenvalue weighted by molar-refractivity contribution is 6.38. The van der Waals surface area contributed by atoms with Gasteiger partial charge in [-0.1, -0.05) is 52.6 Å². The summed E-state index contributed by atoms with van der Waals surface area (Å²) < 4.78 is 26.8. The lowest BCUT2D eigenvalue weighted by Gasteiger charge is -2.52. The fraction of sp³-hybridized carbons (Fsp3) is 0.433. The molecule has 0 spiro atoms. The fourth-order valence-electron chi connectivity index (χ4n) is 6.08. The third-order valence-electron chi connectivity index (χ3n) is 8.66. The molecule has 2 aromatic heterocycles. The molecule has 0 unspecified atom stereocenters. The van der Waals surface area contributed by atoms with Crippen molar-refractivity contribution in [1.29, 1.82) is 0 Å². The van der Waals surface area contributed by atoms with Crippen LogP contribution < -0.4 is 0 Å². The molecular formula is C30H29Cl2FN2O4. The minimum Gasteiger partial charge on any atom is -0.481 e. The van der Waals surface area contributed by atoms with Crippen LogP contribution in [0.3, 0.4) is 0 Å². The summed E-state index contributed by atoms with van der Waals surface area (Å²) in [6.45, 7) is 0.393. The Morgan fingerprint density at radius 3 is 2.44 bits per heavy atom. The van der Waals surface area contributed by atoms with Gasteiger partial charge < -0.3 is 14.4 Å². The lowest BCUT2D eigenvalue weighted by molar-refractivity contribution is -0.136. The number of pyridine rings is 1. The van der Waals surface area contributed by atoms with Crippen molar-refractivity contribution in [3.8, 4) is 11.3 Å². The number of hydrogen-bond donors (Lipinski definition) is 1. The van der Waals surface area contributed by atoms with Gasteiger partial charge in [-0.25, -0.2) is 4.39 Å². The SMILES string of the molecule is O=C(O)Cc1ccc(C=CC23CCC(OCc4c(-c5c(Cl)cncc5Cl)noc4C4CC4)(CC2)CC3)cc1F. The van der Waals surface area contributed by atoms with Crippen LogP contribution in [-0.2, 0) is 22.6 Å². The summed E-state index contributed by atoms with van der Waals surface area (Å²) in [5.41, 5.74) is 3.01. The van der Waals surface area contributed by atoms with E-state index in [1.165, 1.54) is 6.07 Å². The topological polar surface area (TPSA) is 85.5 Å². The fourth-order valence-corrected chi connectivity index (χ4v) is 6.62. The number of carbonyl (C=O) groups is 1. The number of ether oxygens (including phenoxy) is 1. The Labute approximate surface area is 236 Å². The largest absolute Gasteiger partial charge is 0.481 e. The van der Waals surface area contributed by atoms with Crippen molar-refractivity contribution >= 4 is 35.2 Å². The van der Waals surface area contributed by atoms with Gasteiger partial charge in [-0.3, -0.25) is 9.78 Å².